The van der Waals surface area contributed by atoms with Gasteiger partial charge < -0.3 is 5.73 Å². The van der Waals surface area contributed by atoms with Crippen LogP contribution in [-0.2, 0) is 13.6 Å². The lowest BCUT2D eigenvalue weighted by molar-refractivity contribution is 0.0899. The summed E-state index contributed by atoms with van der Waals surface area (Å²) in [5, 5.41) is 8.24. The van der Waals surface area contributed by atoms with Crippen molar-refractivity contribution in [2.24, 2.45) is 18.2 Å². The smallest absolute Gasteiger partial charge is 0.113 e. The number of likely N-dealkylation sites (tertiary alicyclic amines) is 1. The molecular weight excluding hydrogens is 286 g/mol. The van der Waals surface area contributed by atoms with Gasteiger partial charge in [-0.1, -0.05) is 25.1 Å². The summed E-state index contributed by atoms with van der Waals surface area (Å²) in [6, 6.07) is 6.73. The highest BCUT2D eigenvalue weighted by Gasteiger charge is 2.33. The first-order valence-electron chi connectivity index (χ1n) is 7.22. The summed E-state index contributed by atoms with van der Waals surface area (Å²) in [6.07, 6.45) is 1.07. The Bertz CT molecular complexity index is 622. The van der Waals surface area contributed by atoms with Crippen molar-refractivity contribution < 1.29 is 0 Å². The average Bonchev–Trinajstić information content (AvgIpc) is 2.75. The van der Waals surface area contributed by atoms with E-state index in [4.69, 9.17) is 5.73 Å². The second kappa shape index (κ2) is 5.91. The number of nitrogens with two attached hydrogens (primary N) is 1. The van der Waals surface area contributed by atoms with E-state index in [-0.39, 0.29) is 17.8 Å². The Balaban J connectivity index is 0.00000161. The van der Waals surface area contributed by atoms with Crippen molar-refractivity contribution in [1.29, 1.82) is 0 Å². The number of rotatable bonds is 2. The molecule has 116 valence electrons. The van der Waals surface area contributed by atoms with Gasteiger partial charge in [0, 0.05) is 32.7 Å². The van der Waals surface area contributed by atoms with Crippen molar-refractivity contribution in [3.63, 3.8) is 0 Å². The summed E-state index contributed by atoms with van der Waals surface area (Å²) in [5.41, 5.74) is 9.73. The Morgan fingerprint density at radius 1 is 1.38 bits per heavy atom. The molecule has 2 aromatic rings. The second-order valence-electron chi connectivity index (χ2n) is 6.63. The monoisotopic (exact) mass is 309 g/mol. The third kappa shape index (κ3) is 3.20. The van der Waals surface area contributed by atoms with Crippen molar-refractivity contribution >= 4 is 23.4 Å². The first-order valence-corrected chi connectivity index (χ1v) is 7.22. The van der Waals surface area contributed by atoms with Gasteiger partial charge >= 0.3 is 0 Å². The number of fused-ring (bicyclic) bond motifs is 1. The molecule has 1 aromatic heterocycles. The molecule has 0 aliphatic carbocycles. The molecule has 5 nitrogen and oxygen atoms in total. The van der Waals surface area contributed by atoms with Crippen molar-refractivity contribution in [2.75, 3.05) is 13.1 Å². The molecule has 0 amide bonds. The van der Waals surface area contributed by atoms with Crippen molar-refractivity contribution in [1.82, 2.24) is 19.9 Å². The molecule has 2 heterocycles. The van der Waals surface area contributed by atoms with E-state index in [1.807, 2.05) is 11.7 Å². The fourth-order valence-electron chi connectivity index (χ4n) is 3.06. The fourth-order valence-corrected chi connectivity index (χ4v) is 3.06. The Kier molecular flexibility index (Phi) is 4.56. The molecule has 1 saturated heterocycles. The van der Waals surface area contributed by atoms with Gasteiger partial charge in [0.15, 0.2) is 0 Å². The molecule has 0 radical (unpaired) electrons. The minimum absolute atomic E-state index is 0. The number of halogens is 1. The molecular formula is C15H24ClN5. The first kappa shape index (κ1) is 16.2. The van der Waals surface area contributed by atoms with Gasteiger partial charge in [0.25, 0.3) is 0 Å². The molecule has 3 rings (SSSR count). The molecule has 1 aromatic carbocycles. The molecule has 0 saturated carbocycles. The van der Waals surface area contributed by atoms with Crippen LogP contribution in [0, 0.1) is 5.41 Å². The minimum atomic E-state index is 0. The van der Waals surface area contributed by atoms with Crippen LogP contribution in [0.3, 0.4) is 0 Å². The van der Waals surface area contributed by atoms with E-state index in [0.717, 1.165) is 37.1 Å². The topological polar surface area (TPSA) is 60.0 Å². The number of hydrogen-bond donors (Lipinski definition) is 1. The number of hydrogen-bond acceptors (Lipinski definition) is 4. The summed E-state index contributed by atoms with van der Waals surface area (Å²) in [7, 11) is 1.92. The first-order chi connectivity index (χ1) is 9.45. The van der Waals surface area contributed by atoms with Gasteiger partial charge in [-0.3, -0.25) is 4.90 Å². The Morgan fingerprint density at radius 2 is 2.14 bits per heavy atom. The van der Waals surface area contributed by atoms with Gasteiger partial charge in [-0.15, -0.1) is 17.5 Å². The van der Waals surface area contributed by atoms with Gasteiger partial charge in [0.1, 0.15) is 5.52 Å². The molecule has 1 aliphatic heterocycles. The van der Waals surface area contributed by atoms with Crippen LogP contribution in [0.15, 0.2) is 18.2 Å². The van der Waals surface area contributed by atoms with Crippen LogP contribution in [-0.4, -0.2) is 39.0 Å². The zero-order valence-corrected chi connectivity index (χ0v) is 13.7. The standard InChI is InChI=1S/C15H23N5.ClH/c1-15(2)10-20(7-6-14(15)16)9-11-4-5-13-12(8-11)17-18-19(13)3;/h4-5,8,14H,6-7,9-10,16H2,1-3H3;1H. The maximum atomic E-state index is 6.20. The van der Waals surface area contributed by atoms with Crippen LogP contribution >= 0.6 is 12.4 Å². The average molecular weight is 310 g/mol. The summed E-state index contributed by atoms with van der Waals surface area (Å²) in [5.74, 6) is 0. The minimum Gasteiger partial charge on any atom is -0.327 e. The zero-order valence-electron chi connectivity index (χ0n) is 12.9. The summed E-state index contributed by atoms with van der Waals surface area (Å²) >= 11 is 0. The molecule has 6 heteroatoms. The Morgan fingerprint density at radius 3 is 2.86 bits per heavy atom. The normalized spacial score (nSPS) is 22.2. The number of benzene rings is 1. The van der Waals surface area contributed by atoms with Gasteiger partial charge in [-0.05, 0) is 29.5 Å². The molecule has 1 unspecified atom stereocenters. The van der Waals surface area contributed by atoms with E-state index in [0.29, 0.717) is 6.04 Å². The van der Waals surface area contributed by atoms with Crippen molar-refractivity contribution in [2.45, 2.75) is 32.9 Å². The van der Waals surface area contributed by atoms with E-state index in [1.165, 1.54) is 5.56 Å². The van der Waals surface area contributed by atoms with E-state index in [2.05, 4.69) is 47.3 Å². The third-order valence-electron chi connectivity index (χ3n) is 4.47. The largest absolute Gasteiger partial charge is 0.327 e. The van der Waals surface area contributed by atoms with Crippen LogP contribution < -0.4 is 5.73 Å². The van der Waals surface area contributed by atoms with Gasteiger partial charge in [-0.2, -0.15) is 0 Å². The molecule has 2 N–H and O–H groups in total. The fraction of sp³-hybridized carbons (Fsp3) is 0.600. The maximum Gasteiger partial charge on any atom is 0.113 e. The molecule has 1 aliphatic rings. The summed E-state index contributed by atoms with van der Waals surface area (Å²) < 4.78 is 1.81. The lowest BCUT2D eigenvalue weighted by Gasteiger charge is -2.42. The van der Waals surface area contributed by atoms with Gasteiger partial charge in [0.2, 0.25) is 0 Å². The van der Waals surface area contributed by atoms with Crippen LogP contribution in [0.1, 0.15) is 25.8 Å². The molecule has 1 fully saturated rings. The predicted octanol–water partition coefficient (Wildman–Crippen LogP) is 1.95. The predicted molar refractivity (Wildman–Crippen MR) is 87.4 cm³/mol. The Hall–Kier alpha value is -1.17. The van der Waals surface area contributed by atoms with Crippen LogP contribution in [0.2, 0.25) is 0 Å². The molecule has 1 atom stereocenters. The number of piperidine rings is 1. The van der Waals surface area contributed by atoms with Crippen LogP contribution in [0.5, 0.6) is 0 Å². The van der Waals surface area contributed by atoms with E-state index >= 15 is 0 Å². The van der Waals surface area contributed by atoms with Crippen LogP contribution in [0.25, 0.3) is 11.0 Å². The lowest BCUT2D eigenvalue weighted by Crippen LogP contribution is -2.52. The van der Waals surface area contributed by atoms with Gasteiger partial charge in [0.05, 0.1) is 5.52 Å². The number of nitrogens with zero attached hydrogens (tertiary/aromatic N) is 4. The molecule has 0 spiro atoms. The summed E-state index contributed by atoms with van der Waals surface area (Å²) in [4.78, 5) is 2.49. The van der Waals surface area contributed by atoms with Crippen molar-refractivity contribution in [3.8, 4) is 0 Å². The second-order valence-corrected chi connectivity index (χ2v) is 6.63. The third-order valence-corrected chi connectivity index (χ3v) is 4.47. The zero-order chi connectivity index (χ0) is 14.3. The SMILES string of the molecule is Cl.Cn1nnc2cc(CN3CCC(N)C(C)(C)C3)ccc21. The van der Waals surface area contributed by atoms with Crippen molar-refractivity contribution in [3.05, 3.63) is 23.8 Å². The summed E-state index contributed by atoms with van der Waals surface area (Å²) in [6.45, 7) is 7.60. The molecule has 0 bridgehead atoms. The van der Waals surface area contributed by atoms with E-state index < -0.39 is 0 Å². The number of aromatic nitrogens is 3. The quantitative estimate of drug-likeness (QED) is 0.921. The highest BCUT2D eigenvalue weighted by molar-refractivity contribution is 5.85. The van der Waals surface area contributed by atoms with E-state index in [9.17, 15) is 0 Å². The number of aryl methyl sites for hydroxylation is 1. The lowest BCUT2D eigenvalue weighted by atomic mass is 9.79. The molecule has 21 heavy (non-hydrogen) atoms. The highest BCUT2D eigenvalue weighted by Crippen LogP contribution is 2.28. The highest BCUT2D eigenvalue weighted by atomic mass is 35.5. The van der Waals surface area contributed by atoms with E-state index in [1.54, 1.807) is 0 Å². The Labute approximate surface area is 131 Å². The van der Waals surface area contributed by atoms with Crippen LogP contribution in [0.4, 0.5) is 0 Å². The van der Waals surface area contributed by atoms with Gasteiger partial charge in [-0.25, -0.2) is 4.68 Å². The maximum absolute atomic E-state index is 6.20.